The van der Waals surface area contributed by atoms with Gasteiger partial charge in [0.2, 0.25) is 10.0 Å². The Morgan fingerprint density at radius 1 is 1.28 bits per heavy atom. The van der Waals surface area contributed by atoms with E-state index < -0.39 is 10.0 Å². The lowest BCUT2D eigenvalue weighted by Crippen LogP contribution is -2.15. The van der Waals surface area contributed by atoms with Crippen LogP contribution in [0.25, 0.3) is 0 Å². The van der Waals surface area contributed by atoms with Crippen LogP contribution in [0.1, 0.15) is 5.56 Å². The SMILES string of the molecule is Nc1ccc(NCc2ccoc2)c(S(N)(=O)=O)c1. The maximum Gasteiger partial charge on any atom is 0.240 e. The molecule has 1 aromatic heterocycles. The third kappa shape index (κ3) is 2.82. The fourth-order valence-corrected chi connectivity index (χ4v) is 2.26. The Morgan fingerprint density at radius 2 is 2.06 bits per heavy atom. The van der Waals surface area contributed by atoms with Gasteiger partial charge < -0.3 is 15.5 Å². The Morgan fingerprint density at radius 3 is 2.67 bits per heavy atom. The van der Waals surface area contributed by atoms with Crippen molar-refractivity contribution >= 4 is 21.4 Å². The van der Waals surface area contributed by atoms with Crippen molar-refractivity contribution in [2.75, 3.05) is 11.1 Å². The number of hydrogen-bond donors (Lipinski definition) is 3. The Labute approximate surface area is 105 Å². The van der Waals surface area contributed by atoms with Crippen molar-refractivity contribution in [2.45, 2.75) is 11.4 Å². The summed E-state index contributed by atoms with van der Waals surface area (Å²) >= 11 is 0. The molecule has 5 N–H and O–H groups in total. The van der Waals surface area contributed by atoms with Gasteiger partial charge in [-0.05, 0) is 24.3 Å². The van der Waals surface area contributed by atoms with Crippen LogP contribution in [0.4, 0.5) is 11.4 Å². The van der Waals surface area contributed by atoms with Crippen LogP contribution in [-0.4, -0.2) is 8.42 Å². The minimum Gasteiger partial charge on any atom is -0.472 e. The van der Waals surface area contributed by atoms with Crippen molar-refractivity contribution in [1.82, 2.24) is 0 Å². The van der Waals surface area contributed by atoms with E-state index in [0.29, 0.717) is 17.9 Å². The minimum atomic E-state index is -3.81. The topological polar surface area (TPSA) is 111 Å². The zero-order valence-corrected chi connectivity index (χ0v) is 10.3. The second kappa shape index (κ2) is 4.71. The molecule has 0 bridgehead atoms. The molecular weight excluding hydrogens is 254 g/mol. The summed E-state index contributed by atoms with van der Waals surface area (Å²) in [6.07, 6.45) is 3.11. The highest BCUT2D eigenvalue weighted by molar-refractivity contribution is 7.89. The lowest BCUT2D eigenvalue weighted by molar-refractivity contribution is 0.564. The number of primary sulfonamides is 1. The van der Waals surface area contributed by atoms with Crippen molar-refractivity contribution in [3.8, 4) is 0 Å². The molecule has 0 aliphatic heterocycles. The number of nitrogens with one attached hydrogen (secondary N) is 1. The van der Waals surface area contributed by atoms with Crippen molar-refractivity contribution in [1.29, 1.82) is 0 Å². The summed E-state index contributed by atoms with van der Waals surface area (Å²) in [5.74, 6) is 0. The van der Waals surface area contributed by atoms with E-state index in [1.165, 1.54) is 6.07 Å². The lowest BCUT2D eigenvalue weighted by Gasteiger charge is -2.10. The second-order valence-electron chi connectivity index (χ2n) is 3.79. The maximum absolute atomic E-state index is 11.4. The van der Waals surface area contributed by atoms with E-state index in [2.05, 4.69) is 5.32 Å². The van der Waals surface area contributed by atoms with Crippen molar-refractivity contribution in [3.63, 3.8) is 0 Å². The summed E-state index contributed by atoms with van der Waals surface area (Å²) < 4.78 is 27.8. The summed E-state index contributed by atoms with van der Waals surface area (Å²) in [4.78, 5) is -0.0222. The van der Waals surface area contributed by atoms with Crippen LogP contribution >= 0.6 is 0 Å². The molecule has 7 heteroatoms. The van der Waals surface area contributed by atoms with Gasteiger partial charge in [-0.3, -0.25) is 0 Å². The Hall–Kier alpha value is -1.99. The molecule has 96 valence electrons. The molecule has 0 spiro atoms. The Bertz CT molecular complexity index is 636. The number of nitrogens with two attached hydrogens (primary N) is 2. The normalized spacial score (nSPS) is 11.4. The van der Waals surface area contributed by atoms with Crippen molar-refractivity contribution < 1.29 is 12.8 Å². The van der Waals surface area contributed by atoms with Gasteiger partial charge in [-0.1, -0.05) is 0 Å². The van der Waals surface area contributed by atoms with E-state index in [0.717, 1.165) is 5.56 Å². The van der Waals surface area contributed by atoms with Crippen LogP contribution in [0.15, 0.2) is 46.1 Å². The first-order valence-corrected chi connectivity index (χ1v) is 6.69. The molecule has 2 rings (SSSR count). The molecule has 0 radical (unpaired) electrons. The fourth-order valence-electron chi connectivity index (χ4n) is 1.51. The quantitative estimate of drug-likeness (QED) is 0.719. The van der Waals surface area contributed by atoms with Gasteiger partial charge in [0.15, 0.2) is 0 Å². The first-order chi connectivity index (χ1) is 8.47. The zero-order chi connectivity index (χ0) is 13.2. The third-order valence-corrected chi connectivity index (χ3v) is 3.33. The second-order valence-corrected chi connectivity index (χ2v) is 5.32. The average Bonchev–Trinajstić information content (AvgIpc) is 2.79. The van der Waals surface area contributed by atoms with Crippen LogP contribution in [0.2, 0.25) is 0 Å². The summed E-state index contributed by atoms with van der Waals surface area (Å²) in [6, 6.07) is 6.29. The van der Waals surface area contributed by atoms with Crippen LogP contribution < -0.4 is 16.2 Å². The van der Waals surface area contributed by atoms with Crippen LogP contribution in [-0.2, 0) is 16.6 Å². The number of benzene rings is 1. The first-order valence-electron chi connectivity index (χ1n) is 5.14. The number of furan rings is 1. The van der Waals surface area contributed by atoms with Gasteiger partial charge in [0.1, 0.15) is 4.90 Å². The van der Waals surface area contributed by atoms with Gasteiger partial charge in [-0.2, -0.15) is 0 Å². The smallest absolute Gasteiger partial charge is 0.240 e. The van der Waals surface area contributed by atoms with Crippen LogP contribution in [0, 0.1) is 0 Å². The van der Waals surface area contributed by atoms with E-state index in [4.69, 9.17) is 15.3 Å². The Balaban J connectivity index is 2.27. The summed E-state index contributed by atoms with van der Waals surface area (Å²) in [5.41, 5.74) is 7.20. The average molecular weight is 267 g/mol. The maximum atomic E-state index is 11.4. The van der Waals surface area contributed by atoms with E-state index >= 15 is 0 Å². The highest BCUT2D eigenvalue weighted by atomic mass is 32.2. The molecular formula is C11H13N3O3S. The molecule has 0 saturated carbocycles. The lowest BCUT2D eigenvalue weighted by atomic mass is 10.2. The van der Waals surface area contributed by atoms with E-state index in [1.54, 1.807) is 30.7 Å². The summed E-state index contributed by atoms with van der Waals surface area (Å²) in [5, 5.41) is 8.11. The molecule has 0 fully saturated rings. The predicted octanol–water partition coefficient (Wildman–Crippen LogP) is 1.12. The number of hydrogen-bond acceptors (Lipinski definition) is 5. The number of rotatable bonds is 4. The van der Waals surface area contributed by atoms with Gasteiger partial charge in [-0.15, -0.1) is 0 Å². The standard InChI is InChI=1S/C11H13N3O3S/c12-9-1-2-10(11(5-9)18(13,15)16)14-6-8-3-4-17-7-8/h1-5,7,14H,6,12H2,(H2,13,15,16). The van der Waals surface area contributed by atoms with Crippen molar-refractivity contribution in [3.05, 3.63) is 42.4 Å². The molecule has 2 aromatic rings. The summed E-state index contributed by atoms with van der Waals surface area (Å²) in [6.45, 7) is 0.433. The van der Waals surface area contributed by atoms with Crippen molar-refractivity contribution in [2.24, 2.45) is 5.14 Å². The molecule has 0 unspecified atom stereocenters. The molecule has 1 aromatic carbocycles. The van der Waals surface area contributed by atoms with Gasteiger partial charge in [0, 0.05) is 17.8 Å². The number of sulfonamides is 1. The fraction of sp³-hybridized carbons (Fsp3) is 0.0909. The van der Waals surface area contributed by atoms with E-state index in [-0.39, 0.29) is 4.90 Å². The molecule has 0 aliphatic carbocycles. The number of anilines is 2. The van der Waals surface area contributed by atoms with E-state index in [1.807, 2.05) is 0 Å². The van der Waals surface area contributed by atoms with Gasteiger partial charge in [-0.25, -0.2) is 13.6 Å². The van der Waals surface area contributed by atoms with Crippen LogP contribution in [0.5, 0.6) is 0 Å². The molecule has 6 nitrogen and oxygen atoms in total. The molecule has 1 heterocycles. The molecule has 0 aliphatic rings. The molecule has 18 heavy (non-hydrogen) atoms. The zero-order valence-electron chi connectivity index (χ0n) is 9.46. The first kappa shape index (κ1) is 12.5. The minimum absolute atomic E-state index is 0.0222. The van der Waals surface area contributed by atoms with Gasteiger partial charge >= 0.3 is 0 Å². The number of nitrogen functional groups attached to an aromatic ring is 1. The molecule has 0 amide bonds. The highest BCUT2D eigenvalue weighted by Crippen LogP contribution is 2.23. The molecule has 0 atom stereocenters. The monoisotopic (exact) mass is 267 g/mol. The van der Waals surface area contributed by atoms with Gasteiger partial charge in [0.25, 0.3) is 0 Å². The van der Waals surface area contributed by atoms with E-state index in [9.17, 15) is 8.42 Å². The largest absolute Gasteiger partial charge is 0.472 e. The van der Waals surface area contributed by atoms with Crippen LogP contribution in [0.3, 0.4) is 0 Å². The predicted molar refractivity (Wildman–Crippen MR) is 68.3 cm³/mol. The highest BCUT2D eigenvalue weighted by Gasteiger charge is 2.14. The third-order valence-electron chi connectivity index (χ3n) is 2.38. The summed E-state index contributed by atoms with van der Waals surface area (Å²) in [7, 11) is -3.81. The van der Waals surface area contributed by atoms with Gasteiger partial charge in [0.05, 0.1) is 18.2 Å². The molecule has 0 saturated heterocycles. The Kier molecular flexibility index (Phi) is 3.26.